The Morgan fingerprint density at radius 1 is 1.54 bits per heavy atom. The first-order chi connectivity index (χ1) is 6.15. The van der Waals surface area contributed by atoms with Crippen molar-refractivity contribution in [3.05, 3.63) is 28.3 Å². The first-order valence-corrected chi connectivity index (χ1v) is 3.27. The van der Waals surface area contributed by atoms with Gasteiger partial charge in [0.05, 0.1) is 4.92 Å². The fourth-order valence-corrected chi connectivity index (χ4v) is 0.830. The second-order valence-electron chi connectivity index (χ2n) is 2.21. The van der Waals surface area contributed by atoms with Gasteiger partial charge in [0, 0.05) is 11.8 Å². The Balaban J connectivity index is 3.34. The average Bonchev–Trinajstić information content (AvgIpc) is 2.08. The van der Waals surface area contributed by atoms with Gasteiger partial charge in [-0.1, -0.05) is 0 Å². The second-order valence-corrected chi connectivity index (χ2v) is 2.21. The number of rotatable bonds is 2. The molecular weight excluding hydrogens is 174 g/mol. The zero-order valence-electron chi connectivity index (χ0n) is 6.43. The molecule has 1 aromatic carbocycles. The van der Waals surface area contributed by atoms with Crippen LogP contribution >= 0.6 is 0 Å². The number of nitrogen functional groups attached to an aromatic ring is 1. The van der Waals surface area contributed by atoms with Gasteiger partial charge in [0.15, 0.2) is 5.69 Å². The number of aliphatic imine (C=N–C) groups is 1. The molecule has 2 N–H and O–H groups in total. The lowest BCUT2D eigenvalue weighted by Gasteiger charge is -1.96. The molecule has 66 valence electrons. The predicted octanol–water partition coefficient (Wildman–Crippen LogP) is 1.14. The van der Waals surface area contributed by atoms with E-state index in [-0.39, 0.29) is 17.1 Å². The molecule has 0 saturated carbocycles. The Kier molecular flexibility index (Phi) is 2.37. The summed E-state index contributed by atoms with van der Waals surface area (Å²) in [6.07, 6.45) is 1.23. The summed E-state index contributed by atoms with van der Waals surface area (Å²) < 4.78 is 0. The topological polar surface area (TPSA) is 98.6 Å². The van der Waals surface area contributed by atoms with Crippen molar-refractivity contribution >= 4 is 23.1 Å². The van der Waals surface area contributed by atoms with Crippen molar-refractivity contribution in [1.82, 2.24) is 0 Å². The molecule has 0 atom stereocenters. The van der Waals surface area contributed by atoms with Gasteiger partial charge in [-0.25, -0.2) is 4.79 Å². The zero-order valence-corrected chi connectivity index (χ0v) is 6.43. The molecule has 0 fully saturated rings. The predicted molar refractivity (Wildman–Crippen MR) is 45.3 cm³/mol. The van der Waals surface area contributed by atoms with E-state index >= 15 is 0 Å². The maximum absolute atomic E-state index is 10.4. The third-order valence-electron chi connectivity index (χ3n) is 1.36. The zero-order chi connectivity index (χ0) is 9.84. The van der Waals surface area contributed by atoms with Crippen molar-refractivity contribution < 1.29 is 9.72 Å². The highest BCUT2D eigenvalue weighted by atomic mass is 16.6. The molecule has 0 aliphatic heterocycles. The van der Waals surface area contributed by atoms with Gasteiger partial charge in [-0.3, -0.25) is 10.1 Å². The number of nitro groups is 1. The molecule has 0 aliphatic carbocycles. The van der Waals surface area contributed by atoms with Gasteiger partial charge in [-0.15, -0.1) is 0 Å². The van der Waals surface area contributed by atoms with Crippen molar-refractivity contribution in [2.75, 3.05) is 5.73 Å². The van der Waals surface area contributed by atoms with Crippen LogP contribution < -0.4 is 5.73 Å². The number of hydrogen-bond donors (Lipinski definition) is 1. The molecule has 13 heavy (non-hydrogen) atoms. The summed E-state index contributed by atoms with van der Waals surface area (Å²) in [6.45, 7) is 0. The van der Waals surface area contributed by atoms with Crippen molar-refractivity contribution in [2.24, 2.45) is 4.99 Å². The van der Waals surface area contributed by atoms with Crippen LogP contribution in [0.5, 0.6) is 0 Å². The summed E-state index contributed by atoms with van der Waals surface area (Å²) in [5.74, 6) is 0. The second kappa shape index (κ2) is 3.46. The molecule has 0 bridgehead atoms. The van der Waals surface area contributed by atoms with Crippen LogP contribution in [0.15, 0.2) is 23.2 Å². The normalized spacial score (nSPS) is 8.92. The van der Waals surface area contributed by atoms with Crippen LogP contribution in [0.25, 0.3) is 0 Å². The smallest absolute Gasteiger partial charge is 0.297 e. The number of anilines is 1. The molecular formula is C7H5N3O3. The number of isocyanates is 1. The summed E-state index contributed by atoms with van der Waals surface area (Å²) in [5, 5.41) is 10.4. The Labute approximate surface area is 72.8 Å². The van der Waals surface area contributed by atoms with Crippen molar-refractivity contribution in [3.8, 4) is 0 Å². The Bertz CT molecular complexity index is 396. The van der Waals surface area contributed by atoms with E-state index in [9.17, 15) is 14.9 Å². The Morgan fingerprint density at radius 2 is 2.23 bits per heavy atom. The number of carbonyl (C=O) groups excluding carboxylic acids is 1. The van der Waals surface area contributed by atoms with Crippen LogP contribution in [0.4, 0.5) is 17.1 Å². The standard InChI is InChI=1S/C7H5N3O3/c8-5-1-2-6(9-4-11)7(3-5)10(12)13/h1-3H,8H2. The van der Waals surface area contributed by atoms with Gasteiger partial charge < -0.3 is 5.73 Å². The molecule has 0 unspecified atom stereocenters. The minimum atomic E-state index is -0.660. The van der Waals surface area contributed by atoms with E-state index in [4.69, 9.17) is 5.73 Å². The molecule has 1 aromatic rings. The molecule has 0 aliphatic rings. The Hall–Kier alpha value is -2.20. The highest BCUT2D eigenvalue weighted by Crippen LogP contribution is 2.28. The molecule has 0 spiro atoms. The van der Waals surface area contributed by atoms with Crippen LogP contribution in [0.2, 0.25) is 0 Å². The summed E-state index contributed by atoms with van der Waals surface area (Å²) in [5.41, 5.74) is 5.21. The third-order valence-corrected chi connectivity index (χ3v) is 1.36. The van der Waals surface area contributed by atoms with Crippen LogP contribution in [0.3, 0.4) is 0 Å². The maximum atomic E-state index is 10.4. The lowest BCUT2D eigenvalue weighted by molar-refractivity contribution is -0.384. The van der Waals surface area contributed by atoms with E-state index in [0.717, 1.165) is 6.07 Å². The van der Waals surface area contributed by atoms with Crippen LogP contribution in [-0.2, 0) is 4.79 Å². The lowest BCUT2D eigenvalue weighted by atomic mass is 10.2. The summed E-state index contributed by atoms with van der Waals surface area (Å²) in [6, 6.07) is 3.84. The van der Waals surface area contributed by atoms with E-state index in [2.05, 4.69) is 4.99 Å². The number of benzene rings is 1. The molecule has 0 amide bonds. The minimum absolute atomic E-state index is 0.0470. The third kappa shape index (κ3) is 1.88. The maximum Gasteiger partial charge on any atom is 0.297 e. The van der Waals surface area contributed by atoms with Crippen molar-refractivity contribution in [2.45, 2.75) is 0 Å². The van der Waals surface area contributed by atoms with Crippen molar-refractivity contribution in [3.63, 3.8) is 0 Å². The molecule has 0 radical (unpaired) electrons. The summed E-state index contributed by atoms with van der Waals surface area (Å²) in [7, 11) is 0. The molecule has 0 saturated heterocycles. The number of nitro benzene ring substituents is 1. The van der Waals surface area contributed by atoms with Crippen LogP contribution in [-0.4, -0.2) is 11.0 Å². The fourth-order valence-electron chi connectivity index (χ4n) is 0.830. The first-order valence-electron chi connectivity index (χ1n) is 3.27. The van der Waals surface area contributed by atoms with Crippen LogP contribution in [0, 0.1) is 10.1 Å². The summed E-state index contributed by atoms with van der Waals surface area (Å²) >= 11 is 0. The molecule has 0 aromatic heterocycles. The van der Waals surface area contributed by atoms with Gasteiger partial charge in [-0.2, -0.15) is 4.99 Å². The van der Waals surface area contributed by atoms with Gasteiger partial charge in [0.25, 0.3) is 5.69 Å². The monoisotopic (exact) mass is 179 g/mol. The van der Waals surface area contributed by atoms with Gasteiger partial charge in [0.2, 0.25) is 6.08 Å². The fraction of sp³-hybridized carbons (Fsp3) is 0. The minimum Gasteiger partial charge on any atom is -0.399 e. The first kappa shape index (κ1) is 8.89. The number of hydrogen-bond acceptors (Lipinski definition) is 5. The van der Waals surface area contributed by atoms with E-state index in [1.54, 1.807) is 0 Å². The number of nitrogens with two attached hydrogens (primary N) is 1. The average molecular weight is 179 g/mol. The highest BCUT2D eigenvalue weighted by Gasteiger charge is 2.12. The van der Waals surface area contributed by atoms with Crippen molar-refractivity contribution in [1.29, 1.82) is 0 Å². The molecule has 1 rings (SSSR count). The quantitative estimate of drug-likeness (QED) is 0.242. The molecule has 6 nitrogen and oxygen atoms in total. The van der Waals surface area contributed by atoms with Gasteiger partial charge in [-0.05, 0) is 12.1 Å². The molecule has 0 heterocycles. The van der Waals surface area contributed by atoms with Crippen LogP contribution in [0.1, 0.15) is 0 Å². The van der Waals surface area contributed by atoms with E-state index < -0.39 is 4.92 Å². The lowest BCUT2D eigenvalue weighted by Crippen LogP contribution is -1.91. The van der Waals surface area contributed by atoms with E-state index in [1.807, 2.05) is 0 Å². The van der Waals surface area contributed by atoms with Gasteiger partial charge in [0.1, 0.15) is 0 Å². The summed E-state index contributed by atoms with van der Waals surface area (Å²) in [4.78, 5) is 22.8. The Morgan fingerprint density at radius 3 is 2.77 bits per heavy atom. The molecule has 6 heteroatoms. The number of nitrogens with zero attached hydrogens (tertiary/aromatic N) is 2. The van der Waals surface area contributed by atoms with E-state index in [0.29, 0.717) is 0 Å². The van der Waals surface area contributed by atoms with Gasteiger partial charge >= 0.3 is 0 Å². The SMILES string of the molecule is Nc1ccc(N=C=O)c([N+](=O)[O-])c1. The van der Waals surface area contributed by atoms with E-state index in [1.165, 1.54) is 18.2 Å². The largest absolute Gasteiger partial charge is 0.399 e. The highest BCUT2D eigenvalue weighted by molar-refractivity contribution is 5.66.